The number of rotatable bonds is 8. The van der Waals surface area contributed by atoms with Crippen molar-refractivity contribution >= 4 is 23.3 Å². The van der Waals surface area contributed by atoms with Gasteiger partial charge in [-0.15, -0.1) is 0 Å². The summed E-state index contributed by atoms with van der Waals surface area (Å²) in [5, 5.41) is 0. The van der Waals surface area contributed by atoms with Gasteiger partial charge in [-0.05, 0) is 106 Å². The SMILES string of the molecule is CCCCCc1cc2c(cc1C(C)=Cc1ccc(C(=O)Oc3ccc(N)cc3)cc1)C(C)(C)C(C)C2(C)C. The maximum atomic E-state index is 12.6. The summed E-state index contributed by atoms with van der Waals surface area (Å²) in [6.07, 6.45) is 7.01. The van der Waals surface area contributed by atoms with Crippen LogP contribution in [0.15, 0.2) is 60.7 Å². The number of esters is 1. The molecule has 0 saturated carbocycles. The Morgan fingerprint density at radius 2 is 1.53 bits per heavy atom. The van der Waals surface area contributed by atoms with Gasteiger partial charge in [0.25, 0.3) is 0 Å². The third kappa shape index (κ3) is 5.43. The lowest BCUT2D eigenvalue weighted by atomic mass is 9.71. The molecule has 3 nitrogen and oxygen atoms in total. The van der Waals surface area contributed by atoms with Crippen LogP contribution >= 0.6 is 0 Å². The van der Waals surface area contributed by atoms with Gasteiger partial charge in [-0.1, -0.05) is 84.7 Å². The first-order chi connectivity index (χ1) is 17.9. The van der Waals surface area contributed by atoms with E-state index in [4.69, 9.17) is 10.5 Å². The van der Waals surface area contributed by atoms with Gasteiger partial charge in [0.1, 0.15) is 5.75 Å². The summed E-state index contributed by atoms with van der Waals surface area (Å²) >= 11 is 0. The van der Waals surface area contributed by atoms with Crippen LogP contribution in [-0.4, -0.2) is 5.97 Å². The zero-order valence-electron chi connectivity index (χ0n) is 24.2. The molecule has 4 rings (SSSR count). The maximum absolute atomic E-state index is 12.6. The summed E-state index contributed by atoms with van der Waals surface area (Å²) in [5.74, 6) is 0.669. The molecule has 1 atom stereocenters. The first-order valence-corrected chi connectivity index (χ1v) is 14.0. The van der Waals surface area contributed by atoms with Crippen LogP contribution in [0.5, 0.6) is 5.75 Å². The first-order valence-electron chi connectivity index (χ1n) is 14.0. The Kier molecular flexibility index (Phi) is 7.88. The minimum atomic E-state index is -0.377. The molecule has 200 valence electrons. The van der Waals surface area contributed by atoms with Crippen molar-refractivity contribution in [1.82, 2.24) is 0 Å². The second-order valence-electron chi connectivity index (χ2n) is 12.1. The molecule has 0 heterocycles. The van der Waals surface area contributed by atoms with Gasteiger partial charge in [0.05, 0.1) is 5.56 Å². The summed E-state index contributed by atoms with van der Waals surface area (Å²) in [5.41, 5.74) is 15.3. The topological polar surface area (TPSA) is 52.3 Å². The number of aryl methyl sites for hydroxylation is 1. The van der Waals surface area contributed by atoms with Crippen molar-refractivity contribution in [2.24, 2.45) is 5.92 Å². The lowest BCUT2D eigenvalue weighted by Crippen LogP contribution is -2.30. The number of carbonyl (C=O) groups excluding carboxylic acids is 1. The van der Waals surface area contributed by atoms with Gasteiger partial charge in [-0.2, -0.15) is 0 Å². The number of nitrogen functional groups attached to an aromatic ring is 1. The van der Waals surface area contributed by atoms with Gasteiger partial charge in [-0.25, -0.2) is 4.79 Å². The molecule has 0 fully saturated rings. The van der Waals surface area contributed by atoms with Crippen molar-refractivity contribution in [1.29, 1.82) is 0 Å². The predicted molar refractivity (Wildman–Crippen MR) is 161 cm³/mol. The molecule has 0 aliphatic heterocycles. The summed E-state index contributed by atoms with van der Waals surface area (Å²) in [7, 11) is 0. The van der Waals surface area contributed by atoms with Gasteiger partial charge in [0.2, 0.25) is 0 Å². The zero-order chi connectivity index (χ0) is 27.7. The second-order valence-corrected chi connectivity index (χ2v) is 12.1. The summed E-state index contributed by atoms with van der Waals surface area (Å²) < 4.78 is 5.49. The molecule has 38 heavy (non-hydrogen) atoms. The highest BCUT2D eigenvalue weighted by Crippen LogP contribution is 2.54. The van der Waals surface area contributed by atoms with E-state index < -0.39 is 0 Å². The smallest absolute Gasteiger partial charge is 0.343 e. The van der Waals surface area contributed by atoms with Crippen LogP contribution < -0.4 is 10.5 Å². The largest absolute Gasteiger partial charge is 0.423 e. The normalized spacial score (nSPS) is 17.8. The number of carbonyl (C=O) groups is 1. The average Bonchev–Trinajstić information content (AvgIpc) is 3.02. The Labute approximate surface area is 229 Å². The highest BCUT2D eigenvalue weighted by molar-refractivity contribution is 5.91. The molecule has 2 N–H and O–H groups in total. The Balaban J connectivity index is 1.63. The van der Waals surface area contributed by atoms with Crippen LogP contribution in [0.3, 0.4) is 0 Å². The molecule has 0 aromatic heterocycles. The van der Waals surface area contributed by atoms with E-state index in [1.165, 1.54) is 47.1 Å². The second kappa shape index (κ2) is 10.8. The van der Waals surface area contributed by atoms with E-state index in [0.29, 0.717) is 22.9 Å². The lowest BCUT2D eigenvalue weighted by molar-refractivity contribution is 0.0735. The standard InChI is InChI=1S/C35H43NO2/c1-8-9-10-11-27-21-31-32(35(6,7)24(3)34(31,4)5)22-30(27)23(2)20-25-12-14-26(15-13-25)33(37)38-29-18-16-28(36)17-19-29/h12-22,24H,8-11,36H2,1-7H3. The minimum Gasteiger partial charge on any atom is -0.423 e. The van der Waals surface area contributed by atoms with E-state index in [1.54, 1.807) is 24.3 Å². The molecule has 0 bridgehead atoms. The molecule has 0 amide bonds. The van der Waals surface area contributed by atoms with Gasteiger partial charge in [0, 0.05) is 5.69 Å². The highest BCUT2D eigenvalue weighted by Gasteiger charge is 2.48. The number of hydrogen-bond acceptors (Lipinski definition) is 3. The number of fused-ring (bicyclic) bond motifs is 1. The monoisotopic (exact) mass is 509 g/mol. The molecule has 1 aliphatic rings. The van der Waals surface area contributed by atoms with Crippen LogP contribution in [0.2, 0.25) is 0 Å². The molecule has 0 spiro atoms. The maximum Gasteiger partial charge on any atom is 0.343 e. The van der Waals surface area contributed by atoms with Crippen molar-refractivity contribution in [2.75, 3.05) is 5.73 Å². The molecule has 1 unspecified atom stereocenters. The molecular formula is C35H43NO2. The van der Waals surface area contributed by atoms with Crippen molar-refractivity contribution in [3.05, 3.63) is 94.0 Å². The number of benzene rings is 3. The quantitative estimate of drug-likeness (QED) is 0.108. The van der Waals surface area contributed by atoms with E-state index in [1.807, 2.05) is 24.3 Å². The van der Waals surface area contributed by atoms with Crippen molar-refractivity contribution in [2.45, 2.75) is 85.0 Å². The van der Waals surface area contributed by atoms with Gasteiger partial charge < -0.3 is 10.5 Å². The van der Waals surface area contributed by atoms with Gasteiger partial charge in [0.15, 0.2) is 0 Å². The Bertz CT molecular complexity index is 1330. The summed E-state index contributed by atoms with van der Waals surface area (Å²) in [6, 6.07) is 19.5. The molecule has 0 radical (unpaired) electrons. The summed E-state index contributed by atoms with van der Waals surface area (Å²) in [6.45, 7) is 16.5. The Morgan fingerprint density at radius 3 is 2.13 bits per heavy atom. The number of hydrogen-bond donors (Lipinski definition) is 1. The molecule has 3 aromatic carbocycles. The number of nitrogens with two attached hydrogens (primary N) is 1. The minimum absolute atomic E-state index is 0.127. The molecule has 3 aromatic rings. The zero-order valence-corrected chi connectivity index (χ0v) is 24.2. The van der Waals surface area contributed by atoms with E-state index in [-0.39, 0.29) is 16.8 Å². The van der Waals surface area contributed by atoms with Crippen molar-refractivity contribution < 1.29 is 9.53 Å². The number of allylic oxidation sites excluding steroid dienone is 1. The average molecular weight is 510 g/mol. The van der Waals surface area contributed by atoms with E-state index in [9.17, 15) is 4.79 Å². The lowest BCUT2D eigenvalue weighted by Gasteiger charge is -2.32. The van der Waals surface area contributed by atoms with Crippen molar-refractivity contribution in [3.63, 3.8) is 0 Å². The molecule has 3 heteroatoms. The van der Waals surface area contributed by atoms with E-state index in [2.05, 4.69) is 66.7 Å². The Hall–Kier alpha value is -3.33. The van der Waals surface area contributed by atoms with Crippen molar-refractivity contribution in [3.8, 4) is 5.75 Å². The number of ether oxygens (including phenoxy) is 1. The number of anilines is 1. The van der Waals surface area contributed by atoms with Crippen LogP contribution in [-0.2, 0) is 17.3 Å². The van der Waals surface area contributed by atoms with Gasteiger partial charge in [-0.3, -0.25) is 0 Å². The predicted octanol–water partition coefficient (Wildman–Crippen LogP) is 8.99. The van der Waals surface area contributed by atoms with E-state index in [0.717, 1.165) is 12.0 Å². The molecule has 0 saturated heterocycles. The fourth-order valence-corrected chi connectivity index (χ4v) is 5.96. The number of unbranched alkanes of at least 4 members (excludes halogenated alkanes) is 2. The Morgan fingerprint density at radius 1 is 0.921 bits per heavy atom. The van der Waals surface area contributed by atoms with Crippen LogP contribution in [0.4, 0.5) is 5.69 Å². The molecular weight excluding hydrogens is 466 g/mol. The fourth-order valence-electron chi connectivity index (χ4n) is 5.96. The molecule has 1 aliphatic carbocycles. The third-order valence-corrected chi connectivity index (χ3v) is 8.89. The highest BCUT2D eigenvalue weighted by atomic mass is 16.5. The third-order valence-electron chi connectivity index (χ3n) is 8.89. The van der Waals surface area contributed by atoms with Crippen LogP contribution in [0.1, 0.15) is 106 Å². The van der Waals surface area contributed by atoms with Crippen LogP contribution in [0, 0.1) is 5.92 Å². The first kappa shape index (κ1) is 27.7. The van der Waals surface area contributed by atoms with Crippen LogP contribution in [0.25, 0.3) is 11.6 Å². The van der Waals surface area contributed by atoms with E-state index >= 15 is 0 Å². The summed E-state index contributed by atoms with van der Waals surface area (Å²) in [4.78, 5) is 12.6. The fraction of sp³-hybridized carbons (Fsp3) is 0.400. The van der Waals surface area contributed by atoms with Gasteiger partial charge >= 0.3 is 5.97 Å².